The van der Waals surface area contributed by atoms with Gasteiger partial charge in [-0.2, -0.15) is 0 Å². The van der Waals surface area contributed by atoms with Crippen LogP contribution in [0.1, 0.15) is 24.8 Å². The highest BCUT2D eigenvalue weighted by molar-refractivity contribution is 6.35. The summed E-state index contributed by atoms with van der Waals surface area (Å²) in [5, 5.41) is 3.77. The van der Waals surface area contributed by atoms with Gasteiger partial charge in [0.05, 0.1) is 16.6 Å². The van der Waals surface area contributed by atoms with Crippen molar-refractivity contribution in [3.05, 3.63) is 58.1 Å². The molecule has 3 amide bonds. The summed E-state index contributed by atoms with van der Waals surface area (Å²) in [4.78, 5) is 41.7. The number of rotatable bonds is 4. The zero-order valence-corrected chi connectivity index (χ0v) is 19.3. The second-order valence-corrected chi connectivity index (χ2v) is 9.30. The van der Waals surface area contributed by atoms with E-state index in [1.165, 1.54) is 0 Å². The predicted octanol–water partition coefficient (Wildman–Crippen LogP) is 4.53. The molecule has 0 bridgehead atoms. The molecule has 4 rings (SSSR count). The Balaban J connectivity index is 1.31. The maximum absolute atomic E-state index is 13.0. The zero-order valence-electron chi connectivity index (χ0n) is 17.8. The normalized spacial score (nSPS) is 19.3. The average Bonchev–Trinajstić information content (AvgIpc) is 3.18. The van der Waals surface area contributed by atoms with Crippen molar-refractivity contribution in [1.82, 2.24) is 4.90 Å². The van der Waals surface area contributed by atoms with Crippen molar-refractivity contribution >= 4 is 52.3 Å². The number of nitrogens with zero attached hydrogens (tertiary/aromatic N) is 2. The summed E-state index contributed by atoms with van der Waals surface area (Å²) in [6.45, 7) is 3.38. The SMILES string of the molecule is Cc1ccc(N2C[C@@H](C(=O)N3CCC(C(=O)Nc4cc(Cl)ccc4Cl)CC3)CC2=O)cc1. The monoisotopic (exact) mass is 473 g/mol. The standard InChI is InChI=1S/C24H25Cl2N3O3/c1-15-2-5-19(6-3-15)29-14-17(12-22(29)30)24(32)28-10-8-16(9-11-28)23(31)27-21-13-18(25)4-7-20(21)26/h2-7,13,16-17H,8-12,14H2,1H3,(H,27,31)/t17-/m0/s1. The fourth-order valence-electron chi connectivity index (χ4n) is 4.30. The third-order valence-corrected chi connectivity index (χ3v) is 6.75. The number of carbonyl (C=O) groups is 3. The maximum atomic E-state index is 13.0. The largest absolute Gasteiger partial charge is 0.342 e. The molecule has 2 aliphatic heterocycles. The highest BCUT2D eigenvalue weighted by atomic mass is 35.5. The maximum Gasteiger partial charge on any atom is 0.228 e. The summed E-state index contributed by atoms with van der Waals surface area (Å²) in [7, 11) is 0. The van der Waals surface area contributed by atoms with E-state index < -0.39 is 0 Å². The molecule has 8 heteroatoms. The lowest BCUT2D eigenvalue weighted by Crippen LogP contribution is -2.44. The van der Waals surface area contributed by atoms with Crippen LogP contribution in [0.3, 0.4) is 0 Å². The molecule has 0 aromatic heterocycles. The molecule has 0 saturated carbocycles. The van der Waals surface area contributed by atoms with Crippen LogP contribution in [0.2, 0.25) is 10.0 Å². The number of hydrogen-bond acceptors (Lipinski definition) is 3. The molecule has 0 spiro atoms. The van der Waals surface area contributed by atoms with E-state index in [4.69, 9.17) is 23.2 Å². The molecule has 2 saturated heterocycles. The first-order valence-corrected chi connectivity index (χ1v) is 11.5. The van der Waals surface area contributed by atoms with Crippen LogP contribution in [0.15, 0.2) is 42.5 Å². The van der Waals surface area contributed by atoms with Gasteiger partial charge in [0.1, 0.15) is 0 Å². The van der Waals surface area contributed by atoms with Crippen LogP contribution in [0.25, 0.3) is 0 Å². The topological polar surface area (TPSA) is 69.7 Å². The Labute approximate surface area is 197 Å². The molecule has 1 N–H and O–H groups in total. The van der Waals surface area contributed by atoms with Crippen LogP contribution in [-0.4, -0.2) is 42.3 Å². The molecule has 0 unspecified atom stereocenters. The second kappa shape index (κ2) is 9.51. The lowest BCUT2D eigenvalue weighted by atomic mass is 9.94. The van der Waals surface area contributed by atoms with E-state index in [2.05, 4.69) is 5.32 Å². The molecule has 32 heavy (non-hydrogen) atoms. The molecule has 2 fully saturated rings. The molecule has 0 aliphatic carbocycles. The van der Waals surface area contributed by atoms with Crippen molar-refractivity contribution in [1.29, 1.82) is 0 Å². The minimum absolute atomic E-state index is 0.00953. The lowest BCUT2D eigenvalue weighted by molar-refractivity contribution is -0.138. The summed E-state index contributed by atoms with van der Waals surface area (Å²) in [6, 6.07) is 12.7. The molecular formula is C24H25Cl2N3O3. The molecule has 0 radical (unpaired) electrons. The Bertz CT molecular complexity index is 1030. The van der Waals surface area contributed by atoms with Crippen LogP contribution in [0, 0.1) is 18.8 Å². The van der Waals surface area contributed by atoms with Gasteiger partial charge in [0.2, 0.25) is 17.7 Å². The number of amides is 3. The first-order valence-electron chi connectivity index (χ1n) is 10.7. The van der Waals surface area contributed by atoms with E-state index >= 15 is 0 Å². The van der Waals surface area contributed by atoms with Gasteiger partial charge in [-0.05, 0) is 50.1 Å². The van der Waals surface area contributed by atoms with Crippen LogP contribution >= 0.6 is 23.2 Å². The van der Waals surface area contributed by atoms with Gasteiger partial charge < -0.3 is 15.1 Å². The van der Waals surface area contributed by atoms with Crippen LogP contribution in [0.4, 0.5) is 11.4 Å². The van der Waals surface area contributed by atoms with Crippen molar-refractivity contribution in [2.24, 2.45) is 11.8 Å². The number of piperidine rings is 1. The second-order valence-electron chi connectivity index (χ2n) is 8.45. The summed E-state index contributed by atoms with van der Waals surface area (Å²) in [5.41, 5.74) is 2.44. The zero-order chi connectivity index (χ0) is 22.8. The van der Waals surface area contributed by atoms with Crippen molar-refractivity contribution in [2.75, 3.05) is 29.9 Å². The Morgan fingerprint density at radius 2 is 1.69 bits per heavy atom. The molecule has 6 nitrogen and oxygen atoms in total. The number of benzene rings is 2. The van der Waals surface area contributed by atoms with Gasteiger partial charge in [-0.3, -0.25) is 14.4 Å². The number of anilines is 2. The van der Waals surface area contributed by atoms with Crippen molar-refractivity contribution in [3.63, 3.8) is 0 Å². The summed E-state index contributed by atoms with van der Waals surface area (Å²) in [6.07, 6.45) is 1.36. The van der Waals surface area contributed by atoms with Gasteiger partial charge in [0, 0.05) is 42.7 Å². The third kappa shape index (κ3) is 4.92. The average molecular weight is 474 g/mol. The van der Waals surface area contributed by atoms with Crippen molar-refractivity contribution < 1.29 is 14.4 Å². The number of nitrogens with one attached hydrogen (secondary N) is 1. The van der Waals surface area contributed by atoms with E-state index in [-0.39, 0.29) is 36.0 Å². The molecule has 2 heterocycles. The Morgan fingerprint density at radius 3 is 2.38 bits per heavy atom. The van der Waals surface area contributed by atoms with Crippen molar-refractivity contribution in [3.8, 4) is 0 Å². The van der Waals surface area contributed by atoms with E-state index in [1.807, 2.05) is 31.2 Å². The minimum atomic E-state index is -0.348. The summed E-state index contributed by atoms with van der Waals surface area (Å²) in [5.74, 6) is -0.713. The van der Waals surface area contributed by atoms with Crippen LogP contribution in [-0.2, 0) is 14.4 Å². The predicted molar refractivity (Wildman–Crippen MR) is 126 cm³/mol. The molecule has 2 aromatic rings. The fraction of sp³-hybridized carbons (Fsp3) is 0.375. The van der Waals surface area contributed by atoms with Gasteiger partial charge in [0.25, 0.3) is 0 Å². The third-order valence-electron chi connectivity index (χ3n) is 6.18. The van der Waals surface area contributed by atoms with Crippen LogP contribution in [0.5, 0.6) is 0 Å². The fourth-order valence-corrected chi connectivity index (χ4v) is 4.63. The van der Waals surface area contributed by atoms with Gasteiger partial charge in [-0.15, -0.1) is 0 Å². The van der Waals surface area contributed by atoms with Crippen molar-refractivity contribution in [2.45, 2.75) is 26.2 Å². The molecular weight excluding hydrogens is 449 g/mol. The van der Waals surface area contributed by atoms with Crippen LogP contribution < -0.4 is 10.2 Å². The molecule has 1 atom stereocenters. The highest BCUT2D eigenvalue weighted by Crippen LogP contribution is 2.30. The lowest BCUT2D eigenvalue weighted by Gasteiger charge is -2.33. The number of hydrogen-bond donors (Lipinski definition) is 1. The van der Waals surface area contributed by atoms with E-state index in [0.717, 1.165) is 11.3 Å². The van der Waals surface area contributed by atoms with Gasteiger partial charge in [-0.25, -0.2) is 0 Å². The Hall–Kier alpha value is -2.57. The first-order chi connectivity index (χ1) is 15.3. The Morgan fingerprint density at radius 1 is 1.00 bits per heavy atom. The number of likely N-dealkylation sites (tertiary alicyclic amines) is 1. The van der Waals surface area contributed by atoms with Gasteiger partial charge in [-0.1, -0.05) is 40.9 Å². The number of carbonyl (C=O) groups excluding carboxylic acids is 3. The Kier molecular flexibility index (Phi) is 6.72. The molecule has 2 aliphatic rings. The quantitative estimate of drug-likeness (QED) is 0.708. The number of halogens is 2. The minimum Gasteiger partial charge on any atom is -0.342 e. The first kappa shape index (κ1) is 22.6. The summed E-state index contributed by atoms with van der Waals surface area (Å²) >= 11 is 12.1. The van der Waals surface area contributed by atoms with E-state index in [1.54, 1.807) is 28.0 Å². The summed E-state index contributed by atoms with van der Waals surface area (Å²) < 4.78 is 0. The highest BCUT2D eigenvalue weighted by Gasteiger charge is 2.38. The number of aryl methyl sites for hydroxylation is 1. The van der Waals surface area contributed by atoms with E-state index in [0.29, 0.717) is 48.2 Å². The molecule has 168 valence electrons. The van der Waals surface area contributed by atoms with Gasteiger partial charge in [0.15, 0.2) is 0 Å². The van der Waals surface area contributed by atoms with Gasteiger partial charge >= 0.3 is 0 Å². The molecule has 2 aromatic carbocycles. The van der Waals surface area contributed by atoms with E-state index in [9.17, 15) is 14.4 Å². The smallest absolute Gasteiger partial charge is 0.228 e.